The van der Waals surface area contributed by atoms with Crippen molar-refractivity contribution in [2.24, 2.45) is 5.92 Å². The highest BCUT2D eigenvalue weighted by molar-refractivity contribution is 6.10. The molecule has 12 rings (SSSR count). The van der Waals surface area contributed by atoms with Crippen molar-refractivity contribution in [3.63, 3.8) is 0 Å². The fourth-order valence-corrected chi connectivity index (χ4v) is 13.1. The lowest BCUT2D eigenvalue weighted by Crippen LogP contribution is -2.30. The average molecular weight is 945 g/mol. The Balaban J connectivity index is 0.955. The van der Waals surface area contributed by atoms with E-state index in [1.165, 1.54) is 119 Å². The Bertz CT molecular complexity index is 3720. The molecule has 0 saturated carbocycles. The smallest absolute Gasteiger partial charge is 0.0541 e. The zero-order valence-electron chi connectivity index (χ0n) is 43.0. The van der Waals surface area contributed by atoms with Crippen molar-refractivity contribution < 1.29 is 0 Å². The third-order valence-corrected chi connectivity index (χ3v) is 16.8. The van der Waals surface area contributed by atoms with Crippen LogP contribution in [0.15, 0.2) is 242 Å². The lowest BCUT2D eigenvalue weighted by molar-refractivity contribution is 0.457. The second kappa shape index (κ2) is 18.6. The Morgan fingerprint density at radius 3 is 2.04 bits per heavy atom. The van der Waals surface area contributed by atoms with Crippen LogP contribution in [0.1, 0.15) is 88.1 Å². The number of nitrogens with zero attached hydrogens (tertiary/aromatic N) is 2. The predicted molar refractivity (Wildman–Crippen MR) is 312 cm³/mol. The molecule has 8 aromatic carbocycles. The predicted octanol–water partition coefficient (Wildman–Crippen LogP) is 19.3. The average Bonchev–Trinajstić information content (AvgIpc) is 4.01. The number of benzene rings is 8. The highest BCUT2D eigenvalue weighted by atomic mass is 15.1. The number of hydrogen-bond acceptors (Lipinski definition) is 1. The second-order valence-corrected chi connectivity index (χ2v) is 21.1. The number of fused-ring (bicyclic) bond motifs is 8. The second-order valence-electron chi connectivity index (χ2n) is 21.1. The first-order valence-corrected chi connectivity index (χ1v) is 26.5. The van der Waals surface area contributed by atoms with Crippen molar-refractivity contribution in [2.75, 3.05) is 4.90 Å². The van der Waals surface area contributed by atoms with E-state index >= 15 is 0 Å². The van der Waals surface area contributed by atoms with Crippen molar-refractivity contribution in [3.05, 3.63) is 270 Å². The van der Waals surface area contributed by atoms with Gasteiger partial charge in [0, 0.05) is 44.4 Å². The molecule has 358 valence electrons. The molecule has 9 aromatic rings. The van der Waals surface area contributed by atoms with E-state index in [1.807, 2.05) is 0 Å². The summed E-state index contributed by atoms with van der Waals surface area (Å²) in [5.41, 5.74) is 23.5. The molecule has 2 nitrogen and oxygen atoms in total. The lowest BCUT2D eigenvalue weighted by Gasteiger charge is -2.38. The molecule has 0 aliphatic heterocycles. The first-order valence-electron chi connectivity index (χ1n) is 26.5. The molecule has 1 spiro atoms. The summed E-state index contributed by atoms with van der Waals surface area (Å²) in [4.78, 5) is 2.44. The number of hydrogen-bond donors (Lipinski definition) is 0. The molecule has 1 aromatic heterocycles. The molecular formula is C71H64N2. The summed E-state index contributed by atoms with van der Waals surface area (Å²) in [5.74, 6) is 0.503. The van der Waals surface area contributed by atoms with Crippen LogP contribution in [0.3, 0.4) is 0 Å². The van der Waals surface area contributed by atoms with Crippen molar-refractivity contribution in [2.45, 2.75) is 77.6 Å². The van der Waals surface area contributed by atoms with Crippen LogP contribution in [0.25, 0.3) is 55.3 Å². The fourth-order valence-electron chi connectivity index (χ4n) is 13.1. The topological polar surface area (TPSA) is 8.17 Å². The summed E-state index contributed by atoms with van der Waals surface area (Å²) < 4.78 is 2.38. The minimum absolute atomic E-state index is 0.135. The van der Waals surface area contributed by atoms with Crippen LogP contribution >= 0.6 is 0 Å². The van der Waals surface area contributed by atoms with Gasteiger partial charge in [0.2, 0.25) is 0 Å². The summed E-state index contributed by atoms with van der Waals surface area (Å²) in [6.07, 6.45) is 17.1. The standard InChI is InChI=1S/C71H64N2/c1-7-9-22-54-47-71(64(21-8-2)48(54)3)49(4)59(27-15-13-23-52-24-14-18-30-65(52)71)51-35-40-57(41-36-51)72(58-42-43-61-60-28-16-19-31-66(60)70(5,6)67(61)46-58)56-38-33-50(34-39-56)53-37-44-69-63(45-53)62-29-17-20-32-68(62)73(69)55-25-11-10-12-26-55/h8,10-21,24-46,54H,4,7,9,22-23,47H2,1-3,5-6H3/b15-13-,21-8-,59-27+. The molecule has 73 heavy (non-hydrogen) atoms. The molecule has 0 bridgehead atoms. The monoisotopic (exact) mass is 945 g/mol. The quantitative estimate of drug-likeness (QED) is 0.133. The van der Waals surface area contributed by atoms with E-state index in [0.29, 0.717) is 5.92 Å². The zero-order chi connectivity index (χ0) is 49.8. The number of anilines is 3. The first kappa shape index (κ1) is 46.2. The minimum Gasteiger partial charge on any atom is -0.310 e. The van der Waals surface area contributed by atoms with Crippen LogP contribution in [-0.2, 0) is 17.3 Å². The zero-order valence-corrected chi connectivity index (χ0v) is 43.0. The van der Waals surface area contributed by atoms with Gasteiger partial charge in [-0.05, 0) is 173 Å². The van der Waals surface area contributed by atoms with E-state index in [2.05, 4.69) is 263 Å². The van der Waals surface area contributed by atoms with Crippen LogP contribution in [-0.4, -0.2) is 4.57 Å². The van der Waals surface area contributed by atoms with Gasteiger partial charge < -0.3 is 9.47 Å². The van der Waals surface area contributed by atoms with Crippen LogP contribution in [0.5, 0.6) is 0 Å². The SMILES string of the molecule is C=C1/C(c2ccc(N(c3ccc(-c4ccc5c(c4)c4ccccc4n5-c4ccccc4)cc3)c3ccc4c(c3)C(C)(C)c3ccccc3-4)cc2)=C\C=C/Cc2ccccc2C12CC(CCCC)C(C)=C2/C=C\C. The molecule has 2 heteroatoms. The Kier molecular flexibility index (Phi) is 11.8. The van der Waals surface area contributed by atoms with E-state index in [4.69, 9.17) is 6.58 Å². The molecule has 0 amide bonds. The molecule has 1 heterocycles. The summed E-state index contributed by atoms with van der Waals surface area (Å²) >= 11 is 0. The Labute approximate surface area is 432 Å². The number of unbranched alkanes of at least 4 members (excludes halogenated alkanes) is 1. The van der Waals surface area contributed by atoms with Gasteiger partial charge in [-0.1, -0.05) is 197 Å². The van der Waals surface area contributed by atoms with Crippen LogP contribution in [0.4, 0.5) is 17.1 Å². The van der Waals surface area contributed by atoms with Crippen LogP contribution in [0, 0.1) is 5.92 Å². The molecule has 2 unspecified atom stereocenters. The lowest BCUT2D eigenvalue weighted by atomic mass is 9.64. The van der Waals surface area contributed by atoms with E-state index in [9.17, 15) is 0 Å². The Hall–Kier alpha value is -7.94. The number of allylic oxidation sites excluding steroid dienone is 9. The molecular weight excluding hydrogens is 881 g/mol. The third kappa shape index (κ3) is 7.61. The van der Waals surface area contributed by atoms with Crippen molar-refractivity contribution in [3.8, 4) is 27.9 Å². The van der Waals surface area contributed by atoms with Gasteiger partial charge in [-0.15, -0.1) is 0 Å². The Morgan fingerprint density at radius 1 is 0.630 bits per heavy atom. The number of rotatable bonds is 10. The van der Waals surface area contributed by atoms with Crippen LogP contribution < -0.4 is 4.90 Å². The number of aromatic nitrogens is 1. The summed E-state index contributed by atoms with van der Waals surface area (Å²) in [5, 5.41) is 2.51. The first-order chi connectivity index (χ1) is 35.7. The van der Waals surface area contributed by atoms with E-state index in [0.717, 1.165) is 29.9 Å². The van der Waals surface area contributed by atoms with E-state index < -0.39 is 0 Å². The van der Waals surface area contributed by atoms with Gasteiger partial charge >= 0.3 is 0 Å². The normalized spacial score (nSPS) is 19.1. The van der Waals surface area contributed by atoms with E-state index in [-0.39, 0.29) is 10.8 Å². The molecule has 0 radical (unpaired) electrons. The van der Waals surface area contributed by atoms with Gasteiger partial charge in [-0.2, -0.15) is 0 Å². The summed E-state index contributed by atoms with van der Waals surface area (Å²) in [6.45, 7) is 16.8. The maximum atomic E-state index is 5.15. The fraction of sp³-hybridized carbons (Fsp3) is 0.183. The molecule has 0 N–H and O–H groups in total. The third-order valence-electron chi connectivity index (χ3n) is 16.8. The van der Waals surface area contributed by atoms with Gasteiger partial charge in [0.1, 0.15) is 0 Å². The van der Waals surface area contributed by atoms with Crippen molar-refractivity contribution in [1.29, 1.82) is 0 Å². The Morgan fingerprint density at radius 2 is 1.27 bits per heavy atom. The maximum absolute atomic E-state index is 5.15. The van der Waals surface area contributed by atoms with Crippen molar-refractivity contribution in [1.82, 2.24) is 4.57 Å². The van der Waals surface area contributed by atoms with Gasteiger partial charge in [-0.3, -0.25) is 0 Å². The van der Waals surface area contributed by atoms with E-state index in [1.54, 1.807) is 0 Å². The summed E-state index contributed by atoms with van der Waals surface area (Å²) in [6, 6.07) is 70.1. The van der Waals surface area contributed by atoms with Crippen molar-refractivity contribution >= 4 is 44.4 Å². The number of para-hydroxylation sites is 2. The minimum atomic E-state index is -0.339. The summed E-state index contributed by atoms with van der Waals surface area (Å²) in [7, 11) is 0. The molecule has 0 saturated heterocycles. The molecule has 0 fully saturated rings. The van der Waals surface area contributed by atoms with Gasteiger partial charge in [0.25, 0.3) is 0 Å². The van der Waals surface area contributed by atoms with Gasteiger partial charge in [0.15, 0.2) is 0 Å². The molecule has 3 aliphatic carbocycles. The maximum Gasteiger partial charge on any atom is 0.0541 e. The molecule has 2 atom stereocenters. The largest absolute Gasteiger partial charge is 0.310 e. The highest BCUT2D eigenvalue weighted by Gasteiger charge is 2.48. The highest BCUT2D eigenvalue weighted by Crippen LogP contribution is 2.58. The van der Waals surface area contributed by atoms with Gasteiger partial charge in [0.05, 0.1) is 11.0 Å². The van der Waals surface area contributed by atoms with Gasteiger partial charge in [-0.25, -0.2) is 0 Å². The van der Waals surface area contributed by atoms with Crippen LogP contribution in [0.2, 0.25) is 0 Å². The molecule has 3 aliphatic rings.